The van der Waals surface area contributed by atoms with Crippen molar-refractivity contribution in [1.82, 2.24) is 9.97 Å². The molecule has 0 amide bonds. The maximum atomic E-state index is 13.3. The number of H-pyrrole nitrogens is 1. The van der Waals surface area contributed by atoms with Gasteiger partial charge in [0.2, 0.25) is 5.82 Å². The van der Waals surface area contributed by atoms with Crippen molar-refractivity contribution < 1.29 is 9.31 Å². The highest BCUT2D eigenvalue weighted by Gasteiger charge is 2.14. The minimum absolute atomic E-state index is 0.453. The number of hydrogen-bond donors (Lipinski definition) is 2. The predicted octanol–water partition coefficient (Wildman–Crippen LogP) is 3.22. The van der Waals surface area contributed by atoms with Crippen LogP contribution in [0.1, 0.15) is 5.56 Å². The summed E-state index contributed by atoms with van der Waals surface area (Å²) in [6.45, 7) is 0.453. The average molecular weight is 286 g/mol. The van der Waals surface area contributed by atoms with Gasteiger partial charge in [-0.2, -0.15) is 4.39 Å². The summed E-state index contributed by atoms with van der Waals surface area (Å²) >= 11 is 0. The van der Waals surface area contributed by atoms with Gasteiger partial charge in [-0.3, -0.25) is 10.1 Å². The first-order valence-corrected chi connectivity index (χ1v) is 6.24. The van der Waals surface area contributed by atoms with Gasteiger partial charge in [-0.25, -0.2) is 4.98 Å². The molecule has 2 N–H and O–H groups in total. The van der Waals surface area contributed by atoms with Crippen molar-refractivity contribution in [3.05, 3.63) is 64.2 Å². The van der Waals surface area contributed by atoms with Gasteiger partial charge in [0, 0.05) is 36.1 Å². The highest BCUT2D eigenvalue weighted by molar-refractivity contribution is 5.79. The van der Waals surface area contributed by atoms with Gasteiger partial charge in [-0.1, -0.05) is 0 Å². The van der Waals surface area contributed by atoms with Crippen LogP contribution >= 0.6 is 0 Å². The number of anilines is 1. The number of aromatic nitrogens is 2. The molecule has 7 heteroatoms. The Kier molecular flexibility index (Phi) is 3.23. The predicted molar refractivity (Wildman–Crippen MR) is 76.5 cm³/mol. The van der Waals surface area contributed by atoms with Crippen LogP contribution < -0.4 is 5.32 Å². The Morgan fingerprint density at radius 3 is 3.05 bits per heavy atom. The van der Waals surface area contributed by atoms with E-state index in [0.29, 0.717) is 12.2 Å². The Morgan fingerprint density at radius 1 is 1.38 bits per heavy atom. The summed E-state index contributed by atoms with van der Waals surface area (Å²) in [5.74, 6) is -0.846. The second-order valence-electron chi connectivity index (χ2n) is 4.49. The lowest BCUT2D eigenvalue weighted by Crippen LogP contribution is -2.00. The second-order valence-corrected chi connectivity index (χ2v) is 4.49. The molecule has 0 unspecified atom stereocenters. The van der Waals surface area contributed by atoms with Crippen molar-refractivity contribution in [2.24, 2.45) is 0 Å². The molecule has 0 saturated heterocycles. The molecular weight excluding hydrogens is 275 g/mol. The van der Waals surface area contributed by atoms with Crippen LogP contribution in [-0.4, -0.2) is 14.9 Å². The molecule has 3 aromatic rings. The third-order valence-electron chi connectivity index (χ3n) is 3.16. The number of fused-ring (bicyclic) bond motifs is 1. The molecule has 0 bridgehead atoms. The number of benzene rings is 1. The summed E-state index contributed by atoms with van der Waals surface area (Å²) in [5, 5.41) is 14.7. The number of nitrogens with zero attached hydrogens (tertiary/aromatic N) is 2. The first-order chi connectivity index (χ1) is 10.1. The molecule has 0 spiro atoms. The summed E-state index contributed by atoms with van der Waals surface area (Å²) in [6.07, 6.45) is 3.52. The molecule has 0 aliphatic rings. The maximum Gasteiger partial charge on any atom is 0.306 e. The monoisotopic (exact) mass is 286 g/mol. The largest absolute Gasteiger partial charge is 0.381 e. The third-order valence-corrected chi connectivity index (χ3v) is 3.16. The summed E-state index contributed by atoms with van der Waals surface area (Å²) in [6, 6.07) is 7.50. The zero-order valence-electron chi connectivity index (χ0n) is 10.8. The van der Waals surface area contributed by atoms with Crippen molar-refractivity contribution in [2.45, 2.75) is 6.54 Å². The second kappa shape index (κ2) is 5.20. The van der Waals surface area contributed by atoms with Crippen molar-refractivity contribution in [3.63, 3.8) is 0 Å². The Morgan fingerprint density at radius 2 is 2.24 bits per heavy atom. The van der Waals surface area contributed by atoms with Gasteiger partial charge in [-0.15, -0.1) is 0 Å². The molecule has 0 atom stereocenters. The summed E-state index contributed by atoms with van der Waals surface area (Å²) in [5.41, 5.74) is 1.70. The average Bonchev–Trinajstić information content (AvgIpc) is 2.89. The van der Waals surface area contributed by atoms with Crippen LogP contribution in [0.15, 0.2) is 42.7 Å². The van der Waals surface area contributed by atoms with Crippen LogP contribution in [0.4, 0.5) is 15.8 Å². The van der Waals surface area contributed by atoms with Crippen molar-refractivity contribution in [3.8, 4) is 0 Å². The molecule has 0 fully saturated rings. The number of nitrogens with one attached hydrogen (secondary N) is 2. The molecule has 2 heterocycles. The van der Waals surface area contributed by atoms with Crippen molar-refractivity contribution in [2.75, 3.05) is 5.32 Å². The van der Waals surface area contributed by atoms with Gasteiger partial charge < -0.3 is 10.3 Å². The lowest BCUT2D eigenvalue weighted by Gasteiger charge is -2.05. The number of hydrogen-bond acceptors (Lipinski definition) is 4. The molecule has 106 valence electrons. The van der Waals surface area contributed by atoms with E-state index in [-0.39, 0.29) is 0 Å². The first kappa shape index (κ1) is 13.0. The van der Waals surface area contributed by atoms with Crippen LogP contribution in [0.2, 0.25) is 0 Å². The van der Waals surface area contributed by atoms with Gasteiger partial charge >= 0.3 is 5.69 Å². The number of aromatic amines is 1. The standard InChI is InChI=1S/C14H11FN4O2/c15-12-4-3-10(6-13(12)19(20)21)17-7-9-8-18-14-11(9)2-1-5-16-14/h1-6,8,17H,7H2,(H,16,18). The number of pyridine rings is 1. The Labute approximate surface area is 118 Å². The normalized spacial score (nSPS) is 10.7. The SMILES string of the molecule is O=[N+]([O-])c1cc(NCc2c[nH]c3ncccc23)ccc1F. The van der Waals surface area contributed by atoms with E-state index in [9.17, 15) is 14.5 Å². The molecule has 0 radical (unpaired) electrons. The van der Waals surface area contributed by atoms with Crippen LogP contribution in [-0.2, 0) is 6.54 Å². The fourth-order valence-electron chi connectivity index (χ4n) is 2.12. The Bertz CT molecular complexity index is 816. The van der Waals surface area contributed by atoms with Crippen molar-refractivity contribution in [1.29, 1.82) is 0 Å². The fourth-order valence-corrected chi connectivity index (χ4v) is 2.12. The minimum atomic E-state index is -0.846. The summed E-state index contributed by atoms with van der Waals surface area (Å²) in [4.78, 5) is 17.2. The van der Waals surface area contributed by atoms with Crippen LogP contribution in [0.5, 0.6) is 0 Å². The van der Waals surface area contributed by atoms with E-state index in [4.69, 9.17) is 0 Å². The molecule has 0 aliphatic carbocycles. The molecular formula is C14H11FN4O2. The minimum Gasteiger partial charge on any atom is -0.381 e. The summed E-state index contributed by atoms with van der Waals surface area (Å²) < 4.78 is 13.3. The summed E-state index contributed by atoms with van der Waals surface area (Å²) in [7, 11) is 0. The topological polar surface area (TPSA) is 83.9 Å². The highest BCUT2D eigenvalue weighted by Crippen LogP contribution is 2.23. The molecule has 1 aromatic carbocycles. The van der Waals surface area contributed by atoms with E-state index in [1.54, 1.807) is 6.20 Å². The zero-order chi connectivity index (χ0) is 14.8. The van der Waals surface area contributed by atoms with Crippen LogP contribution in [0, 0.1) is 15.9 Å². The van der Waals surface area contributed by atoms with Gasteiger partial charge in [0.05, 0.1) is 4.92 Å². The van der Waals surface area contributed by atoms with Crippen LogP contribution in [0.3, 0.4) is 0 Å². The van der Waals surface area contributed by atoms with Gasteiger partial charge in [-0.05, 0) is 29.8 Å². The Hall–Kier alpha value is -2.96. The van der Waals surface area contributed by atoms with Crippen molar-refractivity contribution >= 4 is 22.4 Å². The number of nitro benzene ring substituents is 1. The number of rotatable bonds is 4. The molecule has 2 aromatic heterocycles. The molecule has 0 aliphatic heterocycles. The van der Waals surface area contributed by atoms with E-state index < -0.39 is 16.4 Å². The quantitative estimate of drug-likeness (QED) is 0.569. The number of halogens is 1. The van der Waals surface area contributed by atoms with E-state index in [1.165, 1.54) is 12.1 Å². The molecule has 6 nitrogen and oxygen atoms in total. The van der Waals surface area contributed by atoms with E-state index in [1.807, 2.05) is 18.3 Å². The lowest BCUT2D eigenvalue weighted by atomic mass is 10.2. The Balaban J connectivity index is 1.82. The molecule has 21 heavy (non-hydrogen) atoms. The maximum absolute atomic E-state index is 13.3. The fraction of sp³-hybridized carbons (Fsp3) is 0.0714. The molecule has 0 saturated carbocycles. The van der Waals surface area contributed by atoms with Gasteiger partial charge in [0.25, 0.3) is 0 Å². The van der Waals surface area contributed by atoms with Crippen LogP contribution in [0.25, 0.3) is 11.0 Å². The van der Waals surface area contributed by atoms with E-state index in [0.717, 1.165) is 22.7 Å². The van der Waals surface area contributed by atoms with E-state index in [2.05, 4.69) is 15.3 Å². The first-order valence-electron chi connectivity index (χ1n) is 6.24. The third kappa shape index (κ3) is 2.53. The van der Waals surface area contributed by atoms with Gasteiger partial charge in [0.15, 0.2) is 0 Å². The lowest BCUT2D eigenvalue weighted by molar-refractivity contribution is -0.387. The number of nitro groups is 1. The highest BCUT2D eigenvalue weighted by atomic mass is 19.1. The smallest absolute Gasteiger partial charge is 0.306 e. The molecule has 3 rings (SSSR count). The van der Waals surface area contributed by atoms with E-state index >= 15 is 0 Å². The van der Waals surface area contributed by atoms with Gasteiger partial charge in [0.1, 0.15) is 5.65 Å². The zero-order valence-corrected chi connectivity index (χ0v) is 10.8.